The van der Waals surface area contributed by atoms with E-state index in [9.17, 15) is 10.2 Å². The lowest BCUT2D eigenvalue weighted by molar-refractivity contribution is -0.125. The molecule has 4 aromatic heterocycles. The third kappa shape index (κ3) is 3.47. The summed E-state index contributed by atoms with van der Waals surface area (Å²) in [5, 5.41) is 24.4. The van der Waals surface area contributed by atoms with Gasteiger partial charge in [0, 0.05) is 48.0 Å². The van der Waals surface area contributed by atoms with Gasteiger partial charge >= 0.3 is 0 Å². The van der Waals surface area contributed by atoms with E-state index in [1.54, 1.807) is 24.8 Å². The average molecular weight is 425 g/mol. The maximum atomic E-state index is 12.2. The Morgan fingerprint density at radius 1 is 0.531 bits per heavy atom. The second kappa shape index (κ2) is 8.22. The second-order valence-electron chi connectivity index (χ2n) is 8.30. The Morgan fingerprint density at radius 2 is 0.906 bits per heavy atom. The summed E-state index contributed by atoms with van der Waals surface area (Å²) in [5.74, 6) is -0.990. The van der Waals surface area contributed by atoms with Crippen LogP contribution in [-0.2, 0) is 11.2 Å². The first-order valence-corrected chi connectivity index (χ1v) is 10.7. The molecule has 1 aliphatic rings. The van der Waals surface area contributed by atoms with E-state index in [-0.39, 0.29) is 12.8 Å². The van der Waals surface area contributed by atoms with Crippen LogP contribution in [0.1, 0.15) is 47.5 Å². The fourth-order valence-electron chi connectivity index (χ4n) is 4.91. The predicted octanol–water partition coefficient (Wildman–Crippen LogP) is 3.70. The molecule has 0 aromatic carbocycles. The van der Waals surface area contributed by atoms with Crippen molar-refractivity contribution in [3.63, 3.8) is 0 Å². The van der Waals surface area contributed by atoms with Crippen molar-refractivity contribution in [2.75, 3.05) is 0 Å². The van der Waals surface area contributed by atoms with Gasteiger partial charge < -0.3 is 10.2 Å². The number of rotatable bonds is 4. The number of hydrogen-bond donors (Lipinski definition) is 2. The topological polar surface area (TPSA) is 92.0 Å². The van der Waals surface area contributed by atoms with Crippen molar-refractivity contribution in [2.24, 2.45) is 0 Å². The van der Waals surface area contributed by atoms with Crippen molar-refractivity contribution in [3.05, 3.63) is 120 Å². The zero-order chi connectivity index (χ0) is 22.0. The van der Waals surface area contributed by atoms with Crippen molar-refractivity contribution in [2.45, 2.75) is 35.9 Å². The quantitative estimate of drug-likeness (QED) is 0.519. The van der Waals surface area contributed by atoms with Crippen LogP contribution < -0.4 is 0 Å². The maximum absolute atomic E-state index is 12.2. The highest BCUT2D eigenvalue weighted by Crippen LogP contribution is 2.57. The van der Waals surface area contributed by atoms with Crippen molar-refractivity contribution in [1.29, 1.82) is 0 Å². The molecule has 6 nitrogen and oxygen atoms in total. The van der Waals surface area contributed by atoms with E-state index in [4.69, 9.17) is 0 Å². The molecule has 4 heterocycles. The normalized spacial score (nSPS) is 27.7. The summed E-state index contributed by atoms with van der Waals surface area (Å²) in [6.45, 7) is 0. The lowest BCUT2D eigenvalue weighted by Crippen LogP contribution is -2.51. The summed E-state index contributed by atoms with van der Waals surface area (Å²) in [6.07, 6.45) is 7.21. The summed E-state index contributed by atoms with van der Waals surface area (Å²) < 4.78 is 0. The minimum absolute atomic E-state index is 0.218. The van der Waals surface area contributed by atoms with Gasteiger partial charge in [0.05, 0.1) is 11.4 Å². The molecule has 4 unspecified atom stereocenters. The van der Waals surface area contributed by atoms with Crippen LogP contribution in [0.5, 0.6) is 0 Å². The van der Waals surface area contributed by atoms with Gasteiger partial charge in [-0.3, -0.25) is 19.9 Å². The molecule has 0 amide bonds. The number of aliphatic hydroxyl groups is 2. The average Bonchev–Trinajstić information content (AvgIpc) is 2.87. The molecule has 4 atom stereocenters. The van der Waals surface area contributed by atoms with E-state index < -0.39 is 23.0 Å². The Morgan fingerprint density at radius 3 is 1.22 bits per heavy atom. The molecule has 1 aliphatic carbocycles. The summed E-state index contributed by atoms with van der Waals surface area (Å²) in [4.78, 5) is 18.1. The lowest BCUT2D eigenvalue weighted by atomic mass is 9.59. The van der Waals surface area contributed by atoms with Crippen LogP contribution in [0.2, 0.25) is 0 Å². The van der Waals surface area contributed by atoms with Gasteiger partial charge in [-0.25, -0.2) is 0 Å². The van der Waals surface area contributed by atoms with Crippen LogP contribution in [0.15, 0.2) is 97.6 Å². The minimum atomic E-state index is -1.35. The Labute approximate surface area is 186 Å². The minimum Gasteiger partial charge on any atom is -0.383 e. The summed E-state index contributed by atoms with van der Waals surface area (Å²) in [5.41, 5.74) is -0.180. The Bertz CT molecular complexity index is 1070. The molecule has 0 spiro atoms. The van der Waals surface area contributed by atoms with Crippen LogP contribution >= 0.6 is 0 Å². The molecule has 6 heteroatoms. The molecule has 1 fully saturated rings. The van der Waals surface area contributed by atoms with E-state index in [2.05, 4.69) is 19.9 Å². The Kier molecular flexibility index (Phi) is 5.25. The monoisotopic (exact) mass is 424 g/mol. The zero-order valence-corrected chi connectivity index (χ0v) is 17.5. The van der Waals surface area contributed by atoms with E-state index in [1.807, 2.05) is 72.8 Å². The number of nitrogens with zero attached hydrogens (tertiary/aromatic N) is 4. The third-order valence-corrected chi connectivity index (χ3v) is 6.49. The van der Waals surface area contributed by atoms with Gasteiger partial charge in [0.2, 0.25) is 0 Å². The van der Waals surface area contributed by atoms with E-state index >= 15 is 0 Å². The summed E-state index contributed by atoms with van der Waals surface area (Å²) in [6, 6.07) is 22.3. The van der Waals surface area contributed by atoms with Crippen LogP contribution in [0.3, 0.4) is 0 Å². The molecule has 4 aromatic rings. The largest absolute Gasteiger partial charge is 0.383 e. The van der Waals surface area contributed by atoms with Gasteiger partial charge in [-0.15, -0.1) is 0 Å². The molecular weight excluding hydrogens is 400 g/mol. The summed E-state index contributed by atoms with van der Waals surface area (Å²) >= 11 is 0. The molecule has 160 valence electrons. The van der Waals surface area contributed by atoms with Crippen LogP contribution in [0, 0.1) is 0 Å². The van der Waals surface area contributed by atoms with E-state index in [0.717, 1.165) is 0 Å². The summed E-state index contributed by atoms with van der Waals surface area (Å²) in [7, 11) is 0. The highest BCUT2D eigenvalue weighted by atomic mass is 16.3. The molecule has 2 N–H and O–H groups in total. The highest BCUT2D eigenvalue weighted by Gasteiger charge is 2.57. The van der Waals surface area contributed by atoms with Crippen LogP contribution in [-0.4, -0.2) is 30.1 Å². The zero-order valence-electron chi connectivity index (χ0n) is 17.5. The molecule has 32 heavy (non-hydrogen) atoms. The van der Waals surface area contributed by atoms with Crippen molar-refractivity contribution >= 4 is 0 Å². The second-order valence-corrected chi connectivity index (χ2v) is 8.30. The Balaban J connectivity index is 1.71. The first kappa shape index (κ1) is 20.4. The predicted molar refractivity (Wildman–Crippen MR) is 119 cm³/mol. The smallest absolute Gasteiger partial charge is 0.116 e. The first-order chi connectivity index (χ1) is 15.6. The van der Waals surface area contributed by atoms with Gasteiger partial charge in [-0.05, 0) is 61.4 Å². The molecular formula is C26H24N4O2. The van der Waals surface area contributed by atoms with Gasteiger partial charge in [-0.2, -0.15) is 0 Å². The van der Waals surface area contributed by atoms with Gasteiger partial charge in [0.15, 0.2) is 0 Å². The fourth-order valence-corrected chi connectivity index (χ4v) is 4.91. The maximum Gasteiger partial charge on any atom is 0.116 e. The molecule has 0 radical (unpaired) electrons. The SMILES string of the molecule is OC1(c2ccccn2)CC(c2ccccn2)C(O)(c2ccccn2)CC1c1ccccn1. The highest BCUT2D eigenvalue weighted by molar-refractivity contribution is 5.34. The Hall–Kier alpha value is -3.48. The van der Waals surface area contributed by atoms with Crippen molar-refractivity contribution in [3.8, 4) is 0 Å². The molecule has 5 rings (SSSR count). The van der Waals surface area contributed by atoms with Gasteiger partial charge in [-0.1, -0.05) is 24.3 Å². The molecule has 0 bridgehead atoms. The van der Waals surface area contributed by atoms with Gasteiger partial charge in [0.1, 0.15) is 11.2 Å². The fraction of sp³-hybridized carbons (Fsp3) is 0.231. The van der Waals surface area contributed by atoms with Crippen molar-refractivity contribution in [1.82, 2.24) is 19.9 Å². The van der Waals surface area contributed by atoms with E-state index in [0.29, 0.717) is 22.8 Å². The van der Waals surface area contributed by atoms with Gasteiger partial charge in [0.25, 0.3) is 0 Å². The van der Waals surface area contributed by atoms with Crippen molar-refractivity contribution < 1.29 is 10.2 Å². The lowest BCUT2D eigenvalue weighted by Gasteiger charge is -2.50. The van der Waals surface area contributed by atoms with Crippen LogP contribution in [0.25, 0.3) is 0 Å². The molecule has 1 saturated carbocycles. The molecule has 0 saturated heterocycles. The number of pyridine rings is 4. The standard InChI is InChI=1S/C26H24N4O2/c31-25(23-11-3-7-15-29-23)18-20(22-10-2-6-14-28-22)26(32,24-12-4-8-16-30-24)17-19(25)21-9-1-5-13-27-21/h1-16,19-20,31-32H,17-18H2. The van der Waals surface area contributed by atoms with E-state index in [1.165, 1.54) is 0 Å². The number of aromatic nitrogens is 4. The third-order valence-electron chi connectivity index (χ3n) is 6.49. The molecule has 0 aliphatic heterocycles. The van der Waals surface area contributed by atoms with Crippen LogP contribution in [0.4, 0.5) is 0 Å². The number of hydrogen-bond acceptors (Lipinski definition) is 6. The first-order valence-electron chi connectivity index (χ1n) is 10.7.